The van der Waals surface area contributed by atoms with Gasteiger partial charge in [-0.15, -0.1) is 0 Å². The van der Waals surface area contributed by atoms with Crippen LogP contribution in [0.15, 0.2) is 16.6 Å². The molecular weight excluding hydrogens is 479 g/mol. The monoisotopic (exact) mass is 499 g/mol. The topological polar surface area (TPSA) is 61.9 Å². The minimum atomic E-state index is -4.70. The van der Waals surface area contributed by atoms with Gasteiger partial charge >= 0.3 is 18.3 Å². The Morgan fingerprint density at radius 3 is 2.38 bits per heavy atom. The van der Waals surface area contributed by atoms with Crippen molar-refractivity contribution in [3.05, 3.63) is 27.2 Å². The van der Waals surface area contributed by atoms with Gasteiger partial charge in [-0.05, 0) is 39.8 Å². The number of anilines is 1. The summed E-state index contributed by atoms with van der Waals surface area (Å²) in [5.41, 5.74) is -2.21. The number of hydrogen-bond donors (Lipinski definition) is 1. The predicted octanol–water partition coefficient (Wildman–Crippen LogP) is 5.59. The van der Waals surface area contributed by atoms with Crippen LogP contribution in [0.4, 0.5) is 28.4 Å². The third-order valence-electron chi connectivity index (χ3n) is 4.13. The molecule has 1 heterocycles. The Bertz CT molecular complexity index is 799. The fraction of sp³-hybridized carbons (Fsp3) is 0.556. The second kappa shape index (κ2) is 8.59. The SMILES string of the molecule is C[C@@H]1CN(C(=O)OC(C)(C)C)CCN1C(=O)Nc1c(Cl)cc(Br)cc1C(F)(F)F. The van der Waals surface area contributed by atoms with Crippen molar-refractivity contribution in [2.24, 2.45) is 0 Å². The van der Waals surface area contributed by atoms with Crippen molar-refractivity contribution >= 4 is 45.3 Å². The Morgan fingerprint density at radius 2 is 1.86 bits per heavy atom. The lowest BCUT2D eigenvalue weighted by Crippen LogP contribution is -2.57. The third-order valence-corrected chi connectivity index (χ3v) is 4.89. The highest BCUT2D eigenvalue weighted by Gasteiger charge is 2.37. The number of amides is 3. The first-order valence-electron chi connectivity index (χ1n) is 8.81. The van der Waals surface area contributed by atoms with Crippen molar-refractivity contribution in [2.75, 3.05) is 25.0 Å². The van der Waals surface area contributed by atoms with Crippen LogP contribution in [0.3, 0.4) is 0 Å². The summed E-state index contributed by atoms with van der Waals surface area (Å²) in [5, 5.41) is 2.04. The molecule has 1 aromatic carbocycles. The van der Waals surface area contributed by atoms with E-state index >= 15 is 0 Å². The van der Waals surface area contributed by atoms with Crippen molar-refractivity contribution in [1.82, 2.24) is 9.80 Å². The van der Waals surface area contributed by atoms with Crippen LogP contribution in [0.5, 0.6) is 0 Å². The summed E-state index contributed by atoms with van der Waals surface area (Å²) in [6, 6.07) is 0.970. The van der Waals surface area contributed by atoms with E-state index in [2.05, 4.69) is 21.2 Å². The molecule has 0 radical (unpaired) electrons. The third kappa shape index (κ3) is 6.15. The van der Waals surface area contributed by atoms with Gasteiger partial charge in [-0.1, -0.05) is 27.5 Å². The van der Waals surface area contributed by atoms with E-state index in [1.54, 1.807) is 27.7 Å². The van der Waals surface area contributed by atoms with Crippen LogP contribution in [0.2, 0.25) is 5.02 Å². The Hall–Kier alpha value is -1.68. The summed E-state index contributed by atoms with van der Waals surface area (Å²) >= 11 is 8.93. The van der Waals surface area contributed by atoms with Crippen LogP contribution < -0.4 is 5.32 Å². The van der Waals surface area contributed by atoms with Gasteiger partial charge in [-0.3, -0.25) is 0 Å². The fourth-order valence-electron chi connectivity index (χ4n) is 2.85. The van der Waals surface area contributed by atoms with Crippen LogP contribution in [0, 0.1) is 0 Å². The van der Waals surface area contributed by atoms with E-state index in [9.17, 15) is 22.8 Å². The molecule has 1 saturated heterocycles. The summed E-state index contributed by atoms with van der Waals surface area (Å²) < 4.78 is 45.5. The second-order valence-electron chi connectivity index (χ2n) is 7.71. The minimum absolute atomic E-state index is 0.141. The molecule has 6 nitrogen and oxygen atoms in total. The van der Waals surface area contributed by atoms with E-state index < -0.39 is 41.2 Å². The molecule has 1 N–H and O–H groups in total. The maximum atomic E-state index is 13.4. The molecule has 1 fully saturated rings. The summed E-state index contributed by atoms with van der Waals surface area (Å²) in [5.74, 6) is 0. The zero-order chi connectivity index (χ0) is 22.1. The number of halogens is 5. The van der Waals surface area contributed by atoms with Crippen molar-refractivity contribution in [2.45, 2.75) is 45.5 Å². The molecule has 0 saturated carbocycles. The highest BCUT2D eigenvalue weighted by molar-refractivity contribution is 9.10. The van der Waals surface area contributed by atoms with E-state index in [4.69, 9.17) is 16.3 Å². The van der Waals surface area contributed by atoms with Gasteiger partial charge in [0.1, 0.15) is 5.60 Å². The average Bonchev–Trinajstić information content (AvgIpc) is 2.54. The molecule has 11 heteroatoms. The summed E-state index contributed by atoms with van der Waals surface area (Å²) in [7, 11) is 0. The number of rotatable bonds is 1. The first-order chi connectivity index (χ1) is 13.2. The number of alkyl halides is 3. The largest absolute Gasteiger partial charge is 0.444 e. The van der Waals surface area contributed by atoms with E-state index in [-0.39, 0.29) is 29.1 Å². The Labute approximate surface area is 180 Å². The molecule has 1 aromatic rings. The van der Waals surface area contributed by atoms with Crippen molar-refractivity contribution in [3.8, 4) is 0 Å². The number of nitrogens with one attached hydrogen (secondary N) is 1. The minimum Gasteiger partial charge on any atom is -0.444 e. The average molecular weight is 501 g/mol. The number of hydrogen-bond acceptors (Lipinski definition) is 3. The lowest BCUT2D eigenvalue weighted by Gasteiger charge is -2.40. The molecule has 0 bridgehead atoms. The van der Waals surface area contributed by atoms with E-state index in [0.717, 1.165) is 6.07 Å². The number of carbonyl (C=O) groups excluding carboxylic acids is 2. The van der Waals surface area contributed by atoms with Crippen LogP contribution >= 0.6 is 27.5 Å². The van der Waals surface area contributed by atoms with Gasteiger partial charge in [0.15, 0.2) is 0 Å². The van der Waals surface area contributed by atoms with Gasteiger partial charge in [0, 0.05) is 30.1 Å². The lowest BCUT2D eigenvalue weighted by molar-refractivity contribution is -0.137. The second-order valence-corrected chi connectivity index (χ2v) is 9.03. The molecule has 162 valence electrons. The van der Waals surface area contributed by atoms with Crippen LogP contribution in [-0.2, 0) is 10.9 Å². The zero-order valence-electron chi connectivity index (χ0n) is 16.4. The zero-order valence-corrected chi connectivity index (χ0v) is 18.7. The van der Waals surface area contributed by atoms with Gasteiger partial charge in [0.25, 0.3) is 0 Å². The summed E-state index contributed by atoms with van der Waals surface area (Å²) in [4.78, 5) is 27.7. The Morgan fingerprint density at radius 1 is 1.24 bits per heavy atom. The highest BCUT2D eigenvalue weighted by atomic mass is 79.9. The van der Waals surface area contributed by atoms with E-state index in [0.29, 0.717) is 0 Å². The fourth-order valence-corrected chi connectivity index (χ4v) is 3.71. The van der Waals surface area contributed by atoms with E-state index in [1.807, 2.05) is 0 Å². The quantitative estimate of drug-likeness (QED) is 0.546. The number of ether oxygens (including phenoxy) is 1. The van der Waals surface area contributed by atoms with Crippen LogP contribution in [-0.4, -0.2) is 53.2 Å². The molecule has 0 spiro atoms. The molecule has 1 atom stereocenters. The smallest absolute Gasteiger partial charge is 0.418 e. The molecule has 0 unspecified atom stereocenters. The van der Waals surface area contributed by atoms with Crippen molar-refractivity contribution in [1.29, 1.82) is 0 Å². The standard InChI is InChI=1S/C18H22BrClF3N3O3/c1-10-9-25(16(28)29-17(2,3)4)5-6-26(10)15(27)24-14-12(18(21,22)23)7-11(19)8-13(14)20/h7-8,10H,5-6,9H2,1-4H3,(H,24,27)/t10-/m1/s1. The number of piperazine rings is 1. The first-order valence-corrected chi connectivity index (χ1v) is 9.98. The lowest BCUT2D eigenvalue weighted by atomic mass is 10.1. The molecule has 1 aliphatic rings. The van der Waals surface area contributed by atoms with Gasteiger partial charge in [0.05, 0.1) is 16.3 Å². The van der Waals surface area contributed by atoms with Gasteiger partial charge < -0.3 is 19.9 Å². The molecule has 0 aliphatic carbocycles. The molecular formula is C18H22BrClF3N3O3. The number of benzene rings is 1. The Balaban J connectivity index is 2.13. The summed E-state index contributed by atoms with van der Waals surface area (Å²) in [6.07, 6.45) is -5.20. The number of carbonyl (C=O) groups is 2. The molecule has 1 aliphatic heterocycles. The van der Waals surface area contributed by atoms with E-state index in [1.165, 1.54) is 15.9 Å². The first kappa shape index (κ1) is 23.6. The summed E-state index contributed by atoms with van der Waals surface area (Å²) in [6.45, 7) is 7.48. The van der Waals surface area contributed by atoms with Crippen molar-refractivity contribution < 1.29 is 27.5 Å². The molecule has 3 amide bonds. The number of nitrogens with zero attached hydrogens (tertiary/aromatic N) is 2. The highest BCUT2D eigenvalue weighted by Crippen LogP contribution is 2.41. The van der Waals surface area contributed by atoms with Gasteiger partial charge in [-0.25, -0.2) is 9.59 Å². The maximum Gasteiger partial charge on any atom is 0.418 e. The normalized spacial score (nSPS) is 17.9. The molecule has 0 aromatic heterocycles. The van der Waals surface area contributed by atoms with Gasteiger partial charge in [-0.2, -0.15) is 13.2 Å². The maximum absolute atomic E-state index is 13.4. The predicted molar refractivity (Wildman–Crippen MR) is 107 cm³/mol. The van der Waals surface area contributed by atoms with Crippen LogP contribution in [0.25, 0.3) is 0 Å². The Kier molecular flexibility index (Phi) is 6.99. The van der Waals surface area contributed by atoms with Crippen molar-refractivity contribution in [3.63, 3.8) is 0 Å². The number of urea groups is 1. The molecule has 2 rings (SSSR count). The van der Waals surface area contributed by atoms with Crippen LogP contribution in [0.1, 0.15) is 33.3 Å². The molecule has 29 heavy (non-hydrogen) atoms. The van der Waals surface area contributed by atoms with Gasteiger partial charge in [0.2, 0.25) is 0 Å².